The van der Waals surface area contributed by atoms with Crippen LogP contribution in [0.5, 0.6) is 0 Å². The van der Waals surface area contributed by atoms with Crippen LogP contribution in [0, 0.1) is 0 Å². The van der Waals surface area contributed by atoms with Crippen LogP contribution in [0.25, 0.3) is 0 Å². The number of carbonyl (C=O) groups excluding carboxylic acids is 2. The summed E-state index contributed by atoms with van der Waals surface area (Å²) in [7, 11) is 0. The van der Waals surface area contributed by atoms with E-state index in [1.54, 1.807) is 0 Å². The topological polar surface area (TPSA) is 169 Å². The predicted molar refractivity (Wildman–Crippen MR) is 161 cm³/mol. The van der Waals surface area contributed by atoms with Crippen LogP contribution in [0.15, 0.2) is 17.1 Å². The van der Waals surface area contributed by atoms with Gasteiger partial charge in [0.25, 0.3) is 5.91 Å². The molecule has 0 radical (unpaired) electrons. The second-order valence-electron chi connectivity index (χ2n) is 11.3. The summed E-state index contributed by atoms with van der Waals surface area (Å²) in [6.07, 6.45) is 16.5. The van der Waals surface area contributed by atoms with Gasteiger partial charge in [-0.15, -0.1) is 0 Å². The van der Waals surface area contributed by atoms with E-state index in [-0.39, 0.29) is 12.4 Å². The van der Waals surface area contributed by atoms with Gasteiger partial charge in [-0.2, -0.15) is 4.98 Å². The van der Waals surface area contributed by atoms with Crippen LogP contribution in [0.4, 0.5) is 5.82 Å². The first kappa shape index (κ1) is 36.8. The average Bonchev–Trinajstić information content (AvgIpc) is 3.27. The van der Waals surface area contributed by atoms with Crippen LogP contribution in [-0.2, 0) is 23.8 Å². The van der Waals surface area contributed by atoms with E-state index in [0.29, 0.717) is 6.61 Å². The van der Waals surface area contributed by atoms with Gasteiger partial charge in [0.15, 0.2) is 6.23 Å². The molecule has 0 aromatic carbocycles. The second kappa shape index (κ2) is 22.2. The lowest BCUT2D eigenvalue weighted by atomic mass is 10.0. The average molecular weight is 612 g/mol. The maximum atomic E-state index is 12.3. The Morgan fingerprint density at radius 2 is 1.44 bits per heavy atom. The number of ether oxygens (including phenoxy) is 3. The van der Waals surface area contributed by atoms with E-state index in [9.17, 15) is 29.7 Å². The third-order valence-corrected chi connectivity index (χ3v) is 7.60. The lowest BCUT2D eigenvalue weighted by Gasteiger charge is -2.17. The molecule has 43 heavy (non-hydrogen) atoms. The van der Waals surface area contributed by atoms with Gasteiger partial charge < -0.3 is 34.8 Å². The maximum absolute atomic E-state index is 12.3. The quantitative estimate of drug-likeness (QED) is 0.100. The van der Waals surface area contributed by atoms with Crippen LogP contribution < -0.4 is 11.0 Å². The van der Waals surface area contributed by atoms with Gasteiger partial charge in [-0.05, 0) is 12.5 Å². The summed E-state index contributed by atoms with van der Waals surface area (Å²) in [5, 5.41) is 31.5. The fourth-order valence-corrected chi connectivity index (χ4v) is 5.07. The van der Waals surface area contributed by atoms with Gasteiger partial charge in [0.1, 0.15) is 37.3 Å². The number of hydrogen-bond acceptors (Lipinski definition) is 10. The fourth-order valence-electron chi connectivity index (χ4n) is 5.07. The number of aromatic nitrogens is 2. The Bertz CT molecular complexity index is 974. The number of aliphatic hydroxyl groups excluding tert-OH is 3. The summed E-state index contributed by atoms with van der Waals surface area (Å²) in [6.45, 7) is 1.24. The van der Waals surface area contributed by atoms with Crippen molar-refractivity contribution in [2.75, 3.05) is 31.7 Å². The van der Waals surface area contributed by atoms with Crippen molar-refractivity contribution in [1.82, 2.24) is 9.55 Å². The van der Waals surface area contributed by atoms with Crippen molar-refractivity contribution in [3.63, 3.8) is 0 Å². The molecule has 246 valence electrons. The summed E-state index contributed by atoms with van der Waals surface area (Å²) >= 11 is 0. The highest BCUT2D eigenvalue weighted by Crippen LogP contribution is 2.28. The summed E-state index contributed by atoms with van der Waals surface area (Å²) in [5.74, 6) is -1.23. The SMILES string of the molecule is CCCCCCCCCCCCCCCCCCOC(=O)COCC(=O)Nc1ccn([C@@H]2O[C@H](CO)[C@@H](O)[C@@H]2O)c(=O)n1. The van der Waals surface area contributed by atoms with Gasteiger partial charge in [-0.1, -0.05) is 103 Å². The summed E-state index contributed by atoms with van der Waals surface area (Å²) in [5.41, 5.74) is -0.841. The Balaban J connectivity index is 1.44. The summed E-state index contributed by atoms with van der Waals surface area (Å²) in [4.78, 5) is 40.0. The molecule has 4 N–H and O–H groups in total. The van der Waals surface area contributed by atoms with E-state index in [1.807, 2.05) is 0 Å². The van der Waals surface area contributed by atoms with Gasteiger partial charge in [0.2, 0.25) is 0 Å². The first-order chi connectivity index (χ1) is 20.9. The highest BCUT2D eigenvalue weighted by atomic mass is 16.6. The number of nitrogens with one attached hydrogen (secondary N) is 1. The molecule has 2 heterocycles. The predicted octanol–water partition coefficient (Wildman–Crippen LogP) is 3.61. The van der Waals surface area contributed by atoms with Crippen LogP contribution in [-0.4, -0.2) is 81.5 Å². The number of aliphatic hydroxyl groups is 3. The normalized spacial score (nSPS) is 19.9. The van der Waals surface area contributed by atoms with Crippen LogP contribution in [0.2, 0.25) is 0 Å². The second-order valence-corrected chi connectivity index (χ2v) is 11.3. The summed E-state index contributed by atoms with van der Waals surface area (Å²) in [6, 6.07) is 1.31. The minimum Gasteiger partial charge on any atom is -0.464 e. The molecule has 1 aromatic heterocycles. The molecule has 2 rings (SSSR count). The molecule has 1 amide bonds. The third kappa shape index (κ3) is 14.8. The Labute approximate surface area is 255 Å². The number of nitrogens with zero attached hydrogens (tertiary/aromatic N) is 2. The molecule has 1 saturated heterocycles. The number of hydrogen-bond donors (Lipinski definition) is 4. The molecule has 12 heteroatoms. The zero-order valence-corrected chi connectivity index (χ0v) is 25.8. The van der Waals surface area contributed by atoms with E-state index in [0.717, 1.165) is 23.8 Å². The van der Waals surface area contributed by atoms with E-state index < -0.39 is 55.3 Å². The van der Waals surface area contributed by atoms with Crippen LogP contribution in [0.1, 0.15) is 116 Å². The van der Waals surface area contributed by atoms with Crippen molar-refractivity contribution in [3.8, 4) is 0 Å². The first-order valence-electron chi connectivity index (χ1n) is 16.1. The van der Waals surface area contributed by atoms with E-state index >= 15 is 0 Å². The van der Waals surface area contributed by atoms with Crippen molar-refractivity contribution in [2.45, 2.75) is 134 Å². The Hall–Kier alpha value is -2.38. The standard InChI is InChI=1S/C31H53N3O9/c1-2-3-4-5-6-7-8-9-10-11-12-13-14-15-16-17-20-42-27(37)23-41-22-26(36)32-25-18-19-34(31(40)33-25)30-29(39)28(38)24(21-35)43-30/h18-19,24,28-30,35,38-39H,2-17,20-23H2,1H3,(H,32,33,36,40)/t24-,28-,29+,30-/m1/s1. The smallest absolute Gasteiger partial charge is 0.351 e. The number of anilines is 1. The fraction of sp³-hybridized carbons (Fsp3) is 0.806. The van der Waals surface area contributed by atoms with E-state index in [1.165, 1.54) is 95.7 Å². The molecule has 1 aromatic rings. The molecule has 0 unspecified atom stereocenters. The van der Waals surface area contributed by atoms with Crippen molar-refractivity contribution < 1.29 is 39.1 Å². The molecule has 0 spiro atoms. The minimum absolute atomic E-state index is 0.0623. The Morgan fingerprint density at radius 3 is 1.95 bits per heavy atom. The zero-order valence-electron chi connectivity index (χ0n) is 25.8. The molecule has 1 fully saturated rings. The molecule has 1 aliphatic heterocycles. The molecule has 0 saturated carbocycles. The molecule has 4 atom stereocenters. The number of rotatable bonds is 24. The lowest BCUT2D eigenvalue weighted by molar-refractivity contribution is -0.149. The Kier molecular flexibility index (Phi) is 19.0. The van der Waals surface area contributed by atoms with Crippen molar-refractivity contribution in [3.05, 3.63) is 22.7 Å². The van der Waals surface area contributed by atoms with Crippen molar-refractivity contribution in [1.29, 1.82) is 0 Å². The van der Waals surface area contributed by atoms with Crippen LogP contribution >= 0.6 is 0 Å². The highest BCUT2D eigenvalue weighted by molar-refractivity contribution is 5.90. The summed E-state index contributed by atoms with van der Waals surface area (Å²) < 4.78 is 16.5. The number of amides is 1. The first-order valence-corrected chi connectivity index (χ1v) is 16.1. The van der Waals surface area contributed by atoms with Gasteiger partial charge >= 0.3 is 11.7 Å². The van der Waals surface area contributed by atoms with Crippen molar-refractivity contribution >= 4 is 17.7 Å². The monoisotopic (exact) mass is 611 g/mol. The molecule has 1 aliphatic rings. The van der Waals surface area contributed by atoms with Gasteiger partial charge in [0.05, 0.1) is 13.2 Å². The number of carbonyl (C=O) groups is 2. The molecular weight excluding hydrogens is 558 g/mol. The number of esters is 1. The molecular formula is C31H53N3O9. The molecule has 0 aliphatic carbocycles. The highest BCUT2D eigenvalue weighted by Gasteiger charge is 2.43. The van der Waals surface area contributed by atoms with Gasteiger partial charge in [-0.3, -0.25) is 9.36 Å². The zero-order chi connectivity index (χ0) is 31.3. The number of unbranched alkanes of at least 4 members (excludes halogenated alkanes) is 15. The minimum atomic E-state index is -1.44. The van der Waals surface area contributed by atoms with E-state index in [2.05, 4.69) is 17.2 Å². The molecule has 0 bridgehead atoms. The van der Waals surface area contributed by atoms with E-state index in [4.69, 9.17) is 14.2 Å². The largest absolute Gasteiger partial charge is 0.464 e. The third-order valence-electron chi connectivity index (χ3n) is 7.60. The Morgan fingerprint density at radius 1 is 0.884 bits per heavy atom. The maximum Gasteiger partial charge on any atom is 0.351 e. The molecule has 12 nitrogen and oxygen atoms in total. The van der Waals surface area contributed by atoms with Crippen LogP contribution in [0.3, 0.4) is 0 Å². The van der Waals surface area contributed by atoms with Gasteiger partial charge in [0, 0.05) is 6.20 Å². The van der Waals surface area contributed by atoms with Gasteiger partial charge in [-0.25, -0.2) is 9.59 Å². The lowest BCUT2D eigenvalue weighted by Crippen LogP contribution is -2.36. The van der Waals surface area contributed by atoms with Crippen molar-refractivity contribution in [2.24, 2.45) is 0 Å².